The minimum absolute atomic E-state index is 0.453. The van der Waals surface area contributed by atoms with E-state index in [1.165, 1.54) is 5.56 Å². The van der Waals surface area contributed by atoms with Crippen LogP contribution in [0.25, 0.3) is 0 Å². The van der Waals surface area contributed by atoms with Gasteiger partial charge in [-0.2, -0.15) is 0 Å². The molecule has 0 bridgehead atoms. The predicted molar refractivity (Wildman–Crippen MR) is 81.6 cm³/mol. The SMILES string of the molecule is CC(C)c1ccc(CC(O)C(O)c2ccccc2)cc1. The highest BCUT2D eigenvalue weighted by atomic mass is 16.3. The molecule has 20 heavy (non-hydrogen) atoms. The minimum Gasteiger partial charge on any atom is -0.390 e. The van der Waals surface area contributed by atoms with Crippen molar-refractivity contribution in [2.45, 2.75) is 38.4 Å². The summed E-state index contributed by atoms with van der Waals surface area (Å²) in [6, 6.07) is 17.5. The molecule has 2 rings (SSSR count). The maximum Gasteiger partial charge on any atom is 0.105 e. The maximum absolute atomic E-state index is 10.2. The van der Waals surface area contributed by atoms with Crippen molar-refractivity contribution in [3.8, 4) is 0 Å². The molecular weight excluding hydrogens is 248 g/mol. The van der Waals surface area contributed by atoms with Gasteiger partial charge in [0.1, 0.15) is 6.10 Å². The van der Waals surface area contributed by atoms with E-state index in [1.54, 1.807) is 0 Å². The Morgan fingerprint density at radius 3 is 1.95 bits per heavy atom. The van der Waals surface area contributed by atoms with Gasteiger partial charge in [-0.25, -0.2) is 0 Å². The quantitative estimate of drug-likeness (QED) is 0.873. The molecular formula is C18H22O2. The zero-order valence-corrected chi connectivity index (χ0v) is 12.0. The van der Waals surface area contributed by atoms with Gasteiger partial charge in [-0.3, -0.25) is 0 Å². The molecule has 106 valence electrons. The van der Waals surface area contributed by atoms with E-state index in [9.17, 15) is 10.2 Å². The predicted octanol–water partition coefficient (Wildman–Crippen LogP) is 3.45. The minimum atomic E-state index is -0.846. The molecule has 0 fully saturated rings. The summed E-state index contributed by atoms with van der Waals surface area (Å²) in [5.74, 6) is 0.504. The third-order valence-corrected chi connectivity index (χ3v) is 3.60. The van der Waals surface area contributed by atoms with Crippen molar-refractivity contribution < 1.29 is 10.2 Å². The van der Waals surface area contributed by atoms with Gasteiger partial charge in [0, 0.05) is 6.42 Å². The molecule has 2 unspecified atom stereocenters. The van der Waals surface area contributed by atoms with Crippen molar-refractivity contribution in [2.24, 2.45) is 0 Å². The zero-order chi connectivity index (χ0) is 14.5. The van der Waals surface area contributed by atoms with Gasteiger partial charge in [0.05, 0.1) is 6.10 Å². The van der Waals surface area contributed by atoms with Crippen LogP contribution in [-0.4, -0.2) is 16.3 Å². The molecule has 2 aromatic rings. The Morgan fingerprint density at radius 1 is 0.800 bits per heavy atom. The lowest BCUT2D eigenvalue weighted by molar-refractivity contribution is 0.0190. The van der Waals surface area contributed by atoms with Crippen LogP contribution in [0.4, 0.5) is 0 Å². The lowest BCUT2D eigenvalue weighted by Gasteiger charge is -2.18. The lowest BCUT2D eigenvalue weighted by atomic mass is 9.96. The Bertz CT molecular complexity index is 517. The number of aliphatic hydroxyl groups excluding tert-OH is 2. The Morgan fingerprint density at radius 2 is 1.40 bits per heavy atom. The van der Waals surface area contributed by atoms with E-state index in [0.29, 0.717) is 12.3 Å². The smallest absolute Gasteiger partial charge is 0.105 e. The van der Waals surface area contributed by atoms with Crippen LogP contribution in [-0.2, 0) is 6.42 Å². The topological polar surface area (TPSA) is 40.5 Å². The van der Waals surface area contributed by atoms with E-state index in [2.05, 4.69) is 26.0 Å². The van der Waals surface area contributed by atoms with Gasteiger partial charge in [-0.05, 0) is 22.6 Å². The molecule has 0 aliphatic carbocycles. The summed E-state index contributed by atoms with van der Waals surface area (Å²) in [4.78, 5) is 0. The molecule has 0 spiro atoms. The van der Waals surface area contributed by atoms with E-state index in [0.717, 1.165) is 11.1 Å². The van der Waals surface area contributed by atoms with Crippen molar-refractivity contribution >= 4 is 0 Å². The van der Waals surface area contributed by atoms with Gasteiger partial charge < -0.3 is 10.2 Å². The van der Waals surface area contributed by atoms with E-state index in [1.807, 2.05) is 42.5 Å². The highest BCUT2D eigenvalue weighted by molar-refractivity contribution is 5.26. The summed E-state index contributed by atoms with van der Waals surface area (Å²) < 4.78 is 0. The van der Waals surface area contributed by atoms with Gasteiger partial charge in [-0.15, -0.1) is 0 Å². The van der Waals surface area contributed by atoms with E-state index in [4.69, 9.17) is 0 Å². The van der Waals surface area contributed by atoms with Crippen LogP contribution in [0.5, 0.6) is 0 Å². The van der Waals surface area contributed by atoms with E-state index >= 15 is 0 Å². The van der Waals surface area contributed by atoms with Crippen molar-refractivity contribution in [1.29, 1.82) is 0 Å². The molecule has 2 atom stereocenters. The molecule has 0 aliphatic rings. The van der Waals surface area contributed by atoms with Crippen molar-refractivity contribution in [1.82, 2.24) is 0 Å². The third-order valence-electron chi connectivity index (χ3n) is 3.60. The van der Waals surface area contributed by atoms with Crippen LogP contribution in [0.3, 0.4) is 0 Å². The third kappa shape index (κ3) is 3.69. The van der Waals surface area contributed by atoms with Crippen LogP contribution < -0.4 is 0 Å². The molecule has 0 radical (unpaired) electrons. The first kappa shape index (κ1) is 14.8. The second-order valence-corrected chi connectivity index (χ2v) is 5.52. The van der Waals surface area contributed by atoms with Crippen LogP contribution >= 0.6 is 0 Å². The van der Waals surface area contributed by atoms with Crippen LogP contribution in [0.2, 0.25) is 0 Å². The number of aliphatic hydroxyl groups is 2. The molecule has 0 heterocycles. The van der Waals surface area contributed by atoms with Gasteiger partial charge in [0.15, 0.2) is 0 Å². The fourth-order valence-corrected chi connectivity index (χ4v) is 2.26. The van der Waals surface area contributed by atoms with Crippen molar-refractivity contribution in [2.75, 3.05) is 0 Å². The number of rotatable bonds is 5. The summed E-state index contributed by atoms with van der Waals surface area (Å²) in [6.07, 6.45) is -1.18. The van der Waals surface area contributed by atoms with Gasteiger partial charge in [-0.1, -0.05) is 68.4 Å². The average molecular weight is 270 g/mol. The normalized spacial score (nSPS) is 14.2. The summed E-state index contributed by atoms with van der Waals surface area (Å²) in [5.41, 5.74) is 3.07. The molecule has 2 heteroatoms. The molecule has 2 nitrogen and oxygen atoms in total. The summed E-state index contributed by atoms with van der Waals surface area (Å²) in [6.45, 7) is 4.31. The Hall–Kier alpha value is -1.64. The first-order chi connectivity index (χ1) is 9.58. The zero-order valence-electron chi connectivity index (χ0n) is 12.0. The Labute approximate surface area is 120 Å². The number of hydrogen-bond acceptors (Lipinski definition) is 2. The van der Waals surface area contributed by atoms with E-state index in [-0.39, 0.29) is 0 Å². The molecule has 0 saturated heterocycles. The average Bonchev–Trinajstić information content (AvgIpc) is 2.48. The maximum atomic E-state index is 10.2. The molecule has 0 saturated carbocycles. The molecule has 2 N–H and O–H groups in total. The summed E-state index contributed by atoms with van der Waals surface area (Å²) in [7, 11) is 0. The number of benzene rings is 2. The van der Waals surface area contributed by atoms with E-state index < -0.39 is 12.2 Å². The van der Waals surface area contributed by atoms with Crippen LogP contribution in [0, 0.1) is 0 Å². The largest absolute Gasteiger partial charge is 0.390 e. The standard InChI is InChI=1S/C18H22O2/c1-13(2)15-10-8-14(9-11-15)12-17(19)18(20)16-6-4-3-5-7-16/h3-11,13,17-20H,12H2,1-2H3. The fourth-order valence-electron chi connectivity index (χ4n) is 2.26. The first-order valence-electron chi connectivity index (χ1n) is 7.08. The van der Waals surface area contributed by atoms with Crippen molar-refractivity contribution in [3.05, 3.63) is 71.3 Å². The second-order valence-electron chi connectivity index (χ2n) is 5.52. The highest BCUT2D eigenvalue weighted by Crippen LogP contribution is 2.21. The highest BCUT2D eigenvalue weighted by Gasteiger charge is 2.18. The molecule has 0 amide bonds. The lowest BCUT2D eigenvalue weighted by Crippen LogP contribution is -2.20. The van der Waals surface area contributed by atoms with Gasteiger partial charge >= 0.3 is 0 Å². The summed E-state index contributed by atoms with van der Waals surface area (Å²) >= 11 is 0. The first-order valence-corrected chi connectivity index (χ1v) is 7.08. The molecule has 0 aromatic heterocycles. The van der Waals surface area contributed by atoms with Crippen LogP contribution in [0.15, 0.2) is 54.6 Å². The van der Waals surface area contributed by atoms with Gasteiger partial charge in [0.25, 0.3) is 0 Å². The summed E-state index contributed by atoms with van der Waals surface area (Å²) in [5, 5.41) is 20.3. The second kappa shape index (κ2) is 6.69. The Kier molecular flexibility index (Phi) is 4.94. The van der Waals surface area contributed by atoms with Gasteiger partial charge in [0.2, 0.25) is 0 Å². The number of hydrogen-bond donors (Lipinski definition) is 2. The monoisotopic (exact) mass is 270 g/mol. The Balaban J connectivity index is 2.02. The molecule has 0 aliphatic heterocycles. The van der Waals surface area contributed by atoms with Crippen molar-refractivity contribution in [3.63, 3.8) is 0 Å². The fraction of sp³-hybridized carbons (Fsp3) is 0.333. The van der Waals surface area contributed by atoms with Crippen LogP contribution in [0.1, 0.15) is 42.6 Å². The molecule has 2 aromatic carbocycles.